The Morgan fingerprint density at radius 2 is 1.30 bits per heavy atom. The third-order valence-corrected chi connectivity index (χ3v) is 6.43. The fourth-order valence-corrected chi connectivity index (χ4v) is 4.43. The number of ether oxygens (including phenoxy) is 2. The summed E-state index contributed by atoms with van der Waals surface area (Å²) in [5, 5.41) is 3.13. The van der Waals surface area contributed by atoms with Crippen LogP contribution in [0.1, 0.15) is 48.1 Å². The number of nitrogens with zero attached hydrogens (tertiary/aromatic N) is 1. The van der Waals surface area contributed by atoms with Crippen molar-refractivity contribution in [3.05, 3.63) is 125 Å². The highest BCUT2D eigenvalue weighted by Gasteiger charge is 2.27. The zero-order valence-electron chi connectivity index (χ0n) is 21.8. The maximum atomic E-state index is 14.0. The Kier molecular flexibility index (Phi) is 8.47. The lowest BCUT2D eigenvalue weighted by Gasteiger charge is -2.33. The zero-order valence-corrected chi connectivity index (χ0v) is 21.8. The third kappa shape index (κ3) is 6.31. The van der Waals surface area contributed by atoms with Crippen molar-refractivity contribution >= 4 is 11.7 Å². The minimum atomic E-state index is -0.301. The van der Waals surface area contributed by atoms with Crippen molar-refractivity contribution in [3.8, 4) is 11.5 Å². The average molecular weight is 495 g/mol. The number of anilines is 1. The van der Waals surface area contributed by atoms with E-state index in [4.69, 9.17) is 9.47 Å². The quantitative estimate of drug-likeness (QED) is 0.260. The van der Waals surface area contributed by atoms with Crippen molar-refractivity contribution < 1.29 is 14.3 Å². The van der Waals surface area contributed by atoms with Crippen LogP contribution in [0, 0.1) is 0 Å². The summed E-state index contributed by atoms with van der Waals surface area (Å²) in [6.07, 6.45) is 0. The molecule has 1 N–H and O–H groups in total. The van der Waals surface area contributed by atoms with E-state index in [0.29, 0.717) is 24.0 Å². The lowest BCUT2D eigenvalue weighted by atomic mass is 9.96. The second-order valence-corrected chi connectivity index (χ2v) is 9.25. The minimum Gasteiger partial charge on any atom is -0.493 e. The van der Waals surface area contributed by atoms with Gasteiger partial charge in [-0.25, -0.2) is 4.79 Å². The molecule has 0 saturated carbocycles. The van der Waals surface area contributed by atoms with Gasteiger partial charge in [0.1, 0.15) is 0 Å². The first-order valence-electron chi connectivity index (χ1n) is 12.5. The normalized spacial score (nSPS) is 10.9. The predicted octanol–water partition coefficient (Wildman–Crippen LogP) is 7.65. The molecule has 37 heavy (non-hydrogen) atoms. The van der Waals surface area contributed by atoms with Gasteiger partial charge in [-0.1, -0.05) is 92.7 Å². The first-order valence-corrected chi connectivity index (χ1v) is 12.5. The minimum absolute atomic E-state index is 0.190. The van der Waals surface area contributed by atoms with Crippen LogP contribution in [0.15, 0.2) is 103 Å². The Morgan fingerprint density at radius 1 is 0.730 bits per heavy atom. The number of carbonyl (C=O) groups is 1. The van der Waals surface area contributed by atoms with E-state index in [2.05, 4.69) is 55.6 Å². The maximum Gasteiger partial charge on any atom is 0.322 e. The van der Waals surface area contributed by atoms with Gasteiger partial charge in [0.2, 0.25) is 0 Å². The lowest BCUT2D eigenvalue weighted by Crippen LogP contribution is -2.38. The van der Waals surface area contributed by atoms with Gasteiger partial charge >= 0.3 is 6.03 Å². The van der Waals surface area contributed by atoms with Crippen LogP contribution >= 0.6 is 0 Å². The van der Waals surface area contributed by atoms with E-state index in [0.717, 1.165) is 22.4 Å². The average Bonchev–Trinajstić information content (AvgIpc) is 2.94. The summed E-state index contributed by atoms with van der Waals surface area (Å²) in [6, 6.07) is 33.5. The fourth-order valence-electron chi connectivity index (χ4n) is 4.43. The number of methoxy groups -OCH3 is 2. The summed E-state index contributed by atoms with van der Waals surface area (Å²) in [7, 11) is 3.23. The fraction of sp³-hybridized carbons (Fsp3) is 0.219. The molecule has 0 heterocycles. The van der Waals surface area contributed by atoms with E-state index in [1.54, 1.807) is 14.2 Å². The second kappa shape index (κ2) is 12.1. The molecular formula is C32H34N2O3. The highest BCUT2D eigenvalue weighted by molar-refractivity contribution is 5.90. The van der Waals surface area contributed by atoms with Crippen molar-refractivity contribution in [3.63, 3.8) is 0 Å². The molecule has 0 unspecified atom stereocenters. The van der Waals surface area contributed by atoms with E-state index in [1.807, 2.05) is 71.6 Å². The van der Waals surface area contributed by atoms with Gasteiger partial charge in [0.25, 0.3) is 0 Å². The molecule has 2 amide bonds. The van der Waals surface area contributed by atoms with Gasteiger partial charge in [-0.05, 0) is 52.4 Å². The molecular weight excluding hydrogens is 460 g/mol. The molecule has 0 spiro atoms. The molecule has 0 aliphatic rings. The summed E-state index contributed by atoms with van der Waals surface area (Å²) in [5.74, 6) is 1.70. The smallest absolute Gasteiger partial charge is 0.322 e. The van der Waals surface area contributed by atoms with Crippen LogP contribution in [-0.4, -0.2) is 25.2 Å². The number of carbonyl (C=O) groups excluding carboxylic acids is 1. The zero-order chi connectivity index (χ0) is 26.2. The van der Waals surface area contributed by atoms with Gasteiger partial charge in [-0.3, -0.25) is 0 Å². The third-order valence-electron chi connectivity index (χ3n) is 6.43. The van der Waals surface area contributed by atoms with Gasteiger partial charge in [0.05, 0.1) is 20.3 Å². The molecule has 0 aromatic heterocycles. The number of amides is 2. The Hall–Kier alpha value is -4.25. The molecule has 0 aliphatic heterocycles. The van der Waals surface area contributed by atoms with Crippen LogP contribution in [0.4, 0.5) is 10.5 Å². The molecule has 4 aromatic rings. The van der Waals surface area contributed by atoms with Gasteiger partial charge in [0, 0.05) is 12.2 Å². The SMILES string of the molecule is COc1ccc(CN(C(=O)Nc2ccc(C(C)C)cc2)C(c2ccccc2)c2ccccc2)cc1OC. The van der Waals surface area contributed by atoms with Gasteiger partial charge in [-0.15, -0.1) is 0 Å². The number of hydrogen-bond acceptors (Lipinski definition) is 3. The maximum absolute atomic E-state index is 14.0. The Balaban J connectivity index is 1.75. The van der Waals surface area contributed by atoms with Gasteiger partial charge < -0.3 is 19.7 Å². The van der Waals surface area contributed by atoms with Crippen LogP contribution in [0.25, 0.3) is 0 Å². The van der Waals surface area contributed by atoms with Crippen molar-refractivity contribution in [1.82, 2.24) is 4.90 Å². The predicted molar refractivity (Wildman–Crippen MR) is 149 cm³/mol. The number of urea groups is 1. The monoisotopic (exact) mass is 494 g/mol. The van der Waals surface area contributed by atoms with Crippen LogP contribution in [0.3, 0.4) is 0 Å². The van der Waals surface area contributed by atoms with Crippen molar-refractivity contribution in [2.75, 3.05) is 19.5 Å². The molecule has 5 nitrogen and oxygen atoms in total. The van der Waals surface area contributed by atoms with Crippen molar-refractivity contribution in [2.45, 2.75) is 32.4 Å². The van der Waals surface area contributed by atoms with E-state index in [1.165, 1.54) is 5.56 Å². The topological polar surface area (TPSA) is 50.8 Å². The number of nitrogens with one attached hydrogen (secondary N) is 1. The van der Waals surface area contributed by atoms with E-state index < -0.39 is 0 Å². The first kappa shape index (κ1) is 25.8. The van der Waals surface area contributed by atoms with Crippen molar-refractivity contribution in [1.29, 1.82) is 0 Å². The first-order chi connectivity index (χ1) is 18.0. The number of hydrogen-bond donors (Lipinski definition) is 1. The molecule has 4 rings (SSSR count). The summed E-state index contributed by atoms with van der Waals surface area (Å²) >= 11 is 0. The highest BCUT2D eigenvalue weighted by atomic mass is 16.5. The van der Waals surface area contributed by atoms with E-state index in [-0.39, 0.29) is 12.1 Å². The van der Waals surface area contributed by atoms with Crippen LogP contribution in [-0.2, 0) is 6.54 Å². The molecule has 0 aliphatic carbocycles. The van der Waals surface area contributed by atoms with Crippen molar-refractivity contribution in [2.24, 2.45) is 0 Å². The number of benzene rings is 4. The molecule has 0 atom stereocenters. The highest BCUT2D eigenvalue weighted by Crippen LogP contribution is 2.33. The summed E-state index contributed by atoms with van der Waals surface area (Å²) < 4.78 is 10.9. The lowest BCUT2D eigenvalue weighted by molar-refractivity contribution is 0.194. The van der Waals surface area contributed by atoms with Crippen LogP contribution < -0.4 is 14.8 Å². The largest absolute Gasteiger partial charge is 0.493 e. The Morgan fingerprint density at radius 3 is 1.81 bits per heavy atom. The van der Waals surface area contributed by atoms with Gasteiger partial charge in [0.15, 0.2) is 11.5 Å². The molecule has 5 heteroatoms. The standard InChI is InChI=1S/C32H34N2O3/c1-23(2)25-16-18-28(19-17-25)33-32(35)34(22-24-15-20-29(36-3)30(21-24)37-4)31(26-11-7-5-8-12-26)27-13-9-6-10-14-27/h5-21,23,31H,22H2,1-4H3,(H,33,35). The van der Waals surface area contributed by atoms with E-state index in [9.17, 15) is 4.79 Å². The molecule has 0 bridgehead atoms. The summed E-state index contributed by atoms with van der Waals surface area (Å²) in [6.45, 7) is 4.68. The second-order valence-electron chi connectivity index (χ2n) is 9.25. The van der Waals surface area contributed by atoms with E-state index >= 15 is 0 Å². The Bertz CT molecular complexity index is 1250. The Labute approximate surface area is 219 Å². The summed E-state index contributed by atoms with van der Waals surface area (Å²) in [5.41, 5.74) is 4.97. The van der Waals surface area contributed by atoms with Crippen LogP contribution in [0.2, 0.25) is 0 Å². The molecule has 190 valence electrons. The summed E-state index contributed by atoms with van der Waals surface area (Å²) in [4.78, 5) is 15.8. The number of rotatable bonds is 9. The molecule has 4 aromatic carbocycles. The van der Waals surface area contributed by atoms with Crippen LogP contribution in [0.5, 0.6) is 11.5 Å². The van der Waals surface area contributed by atoms with Gasteiger partial charge in [-0.2, -0.15) is 0 Å². The molecule has 0 fully saturated rings. The molecule has 0 radical (unpaired) electrons. The molecule has 0 saturated heterocycles.